The molecule has 1 fully saturated rings. The quantitative estimate of drug-likeness (QED) is 0.835. The van der Waals surface area contributed by atoms with Gasteiger partial charge in [-0.3, -0.25) is 0 Å². The number of rotatable bonds is 3. The minimum Gasteiger partial charge on any atom is -0.384 e. The van der Waals surface area contributed by atoms with Gasteiger partial charge in [0.2, 0.25) is 0 Å². The molecule has 0 radical (unpaired) electrons. The van der Waals surface area contributed by atoms with Crippen molar-refractivity contribution in [3.8, 4) is 0 Å². The summed E-state index contributed by atoms with van der Waals surface area (Å²) in [7, 11) is 0. The highest BCUT2D eigenvalue weighted by atomic mass is 32.1. The molecule has 1 aromatic rings. The summed E-state index contributed by atoms with van der Waals surface area (Å²) in [6.45, 7) is 4.37. The molecule has 1 N–H and O–H groups in total. The second-order valence-corrected chi connectivity index (χ2v) is 6.11. The maximum Gasteiger partial charge on any atom is 0.0990 e. The number of hydrogen-bond acceptors (Lipinski definition) is 2. The largest absolute Gasteiger partial charge is 0.384 e. The van der Waals surface area contributed by atoms with Crippen LogP contribution in [-0.2, 0) is 5.60 Å². The van der Waals surface area contributed by atoms with Gasteiger partial charge in [0, 0.05) is 4.88 Å². The van der Waals surface area contributed by atoms with E-state index in [9.17, 15) is 5.11 Å². The fourth-order valence-electron chi connectivity index (χ4n) is 2.93. The van der Waals surface area contributed by atoms with Gasteiger partial charge in [-0.1, -0.05) is 19.8 Å². The first kappa shape index (κ1) is 12.1. The average Bonchev–Trinajstić information content (AvgIpc) is 2.69. The van der Waals surface area contributed by atoms with Gasteiger partial charge in [0.15, 0.2) is 0 Å². The Kier molecular flexibility index (Phi) is 3.70. The van der Waals surface area contributed by atoms with Crippen LogP contribution >= 0.6 is 11.3 Å². The molecule has 0 spiro atoms. The Labute approximate surface area is 103 Å². The Hall–Kier alpha value is -0.340. The van der Waals surface area contributed by atoms with E-state index in [1.807, 2.05) is 0 Å². The van der Waals surface area contributed by atoms with Crippen LogP contribution < -0.4 is 0 Å². The predicted molar refractivity (Wildman–Crippen MR) is 69.8 cm³/mol. The van der Waals surface area contributed by atoms with E-state index >= 15 is 0 Å². The summed E-state index contributed by atoms with van der Waals surface area (Å²) in [5.74, 6) is 0.852. The Morgan fingerprint density at radius 3 is 2.62 bits per heavy atom. The van der Waals surface area contributed by atoms with Crippen LogP contribution in [0, 0.1) is 12.8 Å². The van der Waals surface area contributed by atoms with Crippen molar-refractivity contribution in [1.82, 2.24) is 0 Å². The number of aliphatic hydroxyl groups is 1. The molecule has 1 aromatic heterocycles. The lowest BCUT2D eigenvalue weighted by Gasteiger charge is -2.36. The van der Waals surface area contributed by atoms with Crippen LogP contribution in [0.25, 0.3) is 0 Å². The van der Waals surface area contributed by atoms with E-state index in [1.165, 1.54) is 36.1 Å². The molecule has 0 unspecified atom stereocenters. The van der Waals surface area contributed by atoms with Gasteiger partial charge in [-0.15, -0.1) is 11.3 Å². The van der Waals surface area contributed by atoms with Gasteiger partial charge in [-0.25, -0.2) is 0 Å². The molecule has 2 rings (SSSR count). The van der Waals surface area contributed by atoms with E-state index < -0.39 is 5.60 Å². The van der Waals surface area contributed by atoms with Gasteiger partial charge in [0.1, 0.15) is 0 Å². The van der Waals surface area contributed by atoms with Gasteiger partial charge in [-0.2, -0.15) is 0 Å². The Balaban J connectivity index is 2.04. The smallest absolute Gasteiger partial charge is 0.0990 e. The third kappa shape index (κ3) is 2.33. The van der Waals surface area contributed by atoms with Crippen LogP contribution in [0.1, 0.15) is 55.9 Å². The molecule has 16 heavy (non-hydrogen) atoms. The van der Waals surface area contributed by atoms with Crippen LogP contribution in [0.5, 0.6) is 0 Å². The summed E-state index contributed by atoms with van der Waals surface area (Å²) in [5.41, 5.74) is 0.754. The second kappa shape index (κ2) is 4.89. The van der Waals surface area contributed by atoms with Crippen LogP contribution in [0.2, 0.25) is 0 Å². The van der Waals surface area contributed by atoms with Crippen molar-refractivity contribution in [3.05, 3.63) is 21.9 Å². The maximum absolute atomic E-state index is 10.7. The average molecular weight is 238 g/mol. The van der Waals surface area contributed by atoms with Crippen molar-refractivity contribution >= 4 is 11.3 Å². The van der Waals surface area contributed by atoms with Gasteiger partial charge in [0.05, 0.1) is 5.60 Å². The molecule has 1 aliphatic rings. The Morgan fingerprint density at radius 1 is 1.44 bits per heavy atom. The normalized spacial score (nSPS) is 30.6. The summed E-state index contributed by atoms with van der Waals surface area (Å²) in [6.07, 6.45) is 6.92. The summed E-state index contributed by atoms with van der Waals surface area (Å²) < 4.78 is 0. The highest BCUT2D eigenvalue weighted by Gasteiger charge is 2.36. The first-order valence-electron chi connectivity index (χ1n) is 6.42. The van der Waals surface area contributed by atoms with Crippen molar-refractivity contribution in [2.24, 2.45) is 5.92 Å². The molecule has 0 saturated heterocycles. The topological polar surface area (TPSA) is 20.2 Å². The highest BCUT2D eigenvalue weighted by molar-refractivity contribution is 7.10. The van der Waals surface area contributed by atoms with Crippen LogP contribution in [0.4, 0.5) is 0 Å². The van der Waals surface area contributed by atoms with Gasteiger partial charge in [-0.05, 0) is 55.5 Å². The molecule has 0 bridgehead atoms. The Morgan fingerprint density at radius 2 is 2.12 bits per heavy atom. The Bertz CT molecular complexity index is 334. The van der Waals surface area contributed by atoms with Crippen LogP contribution in [-0.4, -0.2) is 5.11 Å². The minimum atomic E-state index is -0.511. The van der Waals surface area contributed by atoms with E-state index in [0.29, 0.717) is 0 Å². The van der Waals surface area contributed by atoms with Crippen molar-refractivity contribution in [1.29, 1.82) is 0 Å². The third-order valence-corrected chi connectivity index (χ3v) is 5.12. The first-order valence-corrected chi connectivity index (χ1v) is 7.30. The standard InChI is InChI=1S/C14H22OS/c1-3-4-12-5-8-14(15,9-6-12)13-11(2)7-10-16-13/h7,10,12,15H,3-6,8-9H2,1-2H3. The SMILES string of the molecule is CCCC1CCC(O)(c2sccc2C)CC1. The molecule has 2 heteroatoms. The zero-order chi connectivity index (χ0) is 11.6. The van der Waals surface area contributed by atoms with Crippen molar-refractivity contribution in [2.75, 3.05) is 0 Å². The molecule has 1 saturated carbocycles. The van der Waals surface area contributed by atoms with Crippen molar-refractivity contribution < 1.29 is 5.11 Å². The zero-order valence-electron chi connectivity index (χ0n) is 10.3. The minimum absolute atomic E-state index is 0.511. The maximum atomic E-state index is 10.7. The molecular weight excluding hydrogens is 216 g/mol. The number of thiophene rings is 1. The lowest BCUT2D eigenvalue weighted by molar-refractivity contribution is -0.0124. The molecule has 1 heterocycles. The summed E-state index contributed by atoms with van der Waals surface area (Å²) in [6, 6.07) is 2.12. The summed E-state index contributed by atoms with van der Waals surface area (Å²) in [5, 5.41) is 12.8. The predicted octanol–water partition coefficient (Wildman–Crippen LogP) is 4.23. The monoisotopic (exact) mass is 238 g/mol. The molecule has 0 atom stereocenters. The first-order chi connectivity index (χ1) is 7.65. The highest BCUT2D eigenvalue weighted by Crippen LogP contribution is 2.43. The number of aryl methyl sites for hydroxylation is 1. The van der Waals surface area contributed by atoms with Crippen molar-refractivity contribution in [2.45, 2.75) is 58.0 Å². The van der Waals surface area contributed by atoms with Crippen LogP contribution in [0.15, 0.2) is 11.4 Å². The van der Waals surface area contributed by atoms with E-state index in [2.05, 4.69) is 25.3 Å². The fraction of sp³-hybridized carbons (Fsp3) is 0.714. The lowest BCUT2D eigenvalue weighted by Crippen LogP contribution is -2.31. The second-order valence-electron chi connectivity index (χ2n) is 5.20. The zero-order valence-corrected chi connectivity index (χ0v) is 11.1. The van der Waals surface area contributed by atoms with Gasteiger partial charge < -0.3 is 5.11 Å². The molecule has 0 amide bonds. The van der Waals surface area contributed by atoms with Gasteiger partial charge >= 0.3 is 0 Å². The van der Waals surface area contributed by atoms with E-state index in [0.717, 1.165) is 18.8 Å². The van der Waals surface area contributed by atoms with E-state index in [1.54, 1.807) is 11.3 Å². The van der Waals surface area contributed by atoms with E-state index in [-0.39, 0.29) is 0 Å². The van der Waals surface area contributed by atoms with Gasteiger partial charge in [0.25, 0.3) is 0 Å². The lowest BCUT2D eigenvalue weighted by atomic mass is 9.76. The molecular formula is C14H22OS. The molecule has 0 aromatic carbocycles. The molecule has 1 nitrogen and oxygen atoms in total. The molecule has 0 aliphatic heterocycles. The fourth-order valence-corrected chi connectivity index (χ4v) is 4.01. The van der Waals surface area contributed by atoms with E-state index in [4.69, 9.17) is 0 Å². The number of hydrogen-bond donors (Lipinski definition) is 1. The summed E-state index contributed by atoms with van der Waals surface area (Å²) in [4.78, 5) is 1.21. The van der Waals surface area contributed by atoms with Crippen molar-refractivity contribution in [3.63, 3.8) is 0 Å². The summed E-state index contributed by atoms with van der Waals surface area (Å²) >= 11 is 1.72. The molecule has 90 valence electrons. The third-order valence-electron chi connectivity index (χ3n) is 3.91. The van der Waals surface area contributed by atoms with Crippen LogP contribution in [0.3, 0.4) is 0 Å². The molecule has 1 aliphatic carbocycles.